The SMILES string of the molecule is CCOC(=O)N1c2ccc(OC)nc2[C@@H](c2ncc(N3CCN(CC(=O)O)CC3)c(Cc3cc(C(F)(F)F)cc(C(F)(F)F)c3)n2)C[C@@]1(N)CC. The molecule has 1 saturated heterocycles. The predicted molar refractivity (Wildman–Crippen MR) is 172 cm³/mol. The Kier molecular flexibility index (Phi) is 10.7. The second kappa shape index (κ2) is 14.5. The molecule has 18 heteroatoms. The molecule has 2 aliphatic heterocycles. The minimum absolute atomic E-state index is 0.0317. The van der Waals surface area contributed by atoms with Gasteiger partial charge < -0.3 is 25.2 Å². The van der Waals surface area contributed by atoms with Gasteiger partial charge in [0.05, 0.1) is 66.3 Å². The fourth-order valence-electron chi connectivity index (χ4n) is 6.41. The second-order valence-electron chi connectivity index (χ2n) is 12.3. The number of nitrogens with two attached hydrogens (primary N) is 1. The lowest BCUT2D eigenvalue weighted by Gasteiger charge is -2.46. The van der Waals surface area contributed by atoms with Crippen molar-refractivity contribution in [3.8, 4) is 5.88 Å². The minimum atomic E-state index is -5.05. The number of hydrogen-bond acceptors (Lipinski definition) is 10. The molecular formula is C33H37F6N7O5. The van der Waals surface area contributed by atoms with Gasteiger partial charge in [-0.05, 0) is 49.6 Å². The van der Waals surface area contributed by atoms with E-state index in [1.54, 1.807) is 24.8 Å². The van der Waals surface area contributed by atoms with Gasteiger partial charge in [0.25, 0.3) is 0 Å². The Morgan fingerprint density at radius 1 is 0.980 bits per heavy atom. The summed E-state index contributed by atoms with van der Waals surface area (Å²) in [6.07, 6.45) is -9.52. The Morgan fingerprint density at radius 2 is 1.63 bits per heavy atom. The van der Waals surface area contributed by atoms with Gasteiger partial charge in [0.15, 0.2) is 0 Å². The van der Waals surface area contributed by atoms with Crippen LogP contribution >= 0.6 is 0 Å². The average Bonchev–Trinajstić information content (AvgIpc) is 3.07. The molecule has 0 bridgehead atoms. The van der Waals surface area contributed by atoms with Crippen LogP contribution in [-0.4, -0.2) is 89.1 Å². The molecule has 0 unspecified atom stereocenters. The van der Waals surface area contributed by atoms with Crippen LogP contribution in [0.4, 0.5) is 42.5 Å². The minimum Gasteiger partial charge on any atom is -0.481 e. The van der Waals surface area contributed by atoms with Gasteiger partial charge in [-0.3, -0.25) is 14.6 Å². The van der Waals surface area contributed by atoms with E-state index >= 15 is 0 Å². The van der Waals surface area contributed by atoms with Crippen molar-refractivity contribution in [1.82, 2.24) is 19.9 Å². The summed E-state index contributed by atoms with van der Waals surface area (Å²) in [6.45, 7) is 4.53. The number of carboxylic acids is 1. The van der Waals surface area contributed by atoms with Gasteiger partial charge in [-0.1, -0.05) is 6.92 Å². The van der Waals surface area contributed by atoms with E-state index < -0.39 is 53.5 Å². The molecule has 12 nitrogen and oxygen atoms in total. The van der Waals surface area contributed by atoms with Crippen LogP contribution in [0.25, 0.3) is 0 Å². The number of piperazine rings is 1. The maximum Gasteiger partial charge on any atom is 0.416 e. The highest BCUT2D eigenvalue weighted by molar-refractivity contribution is 5.91. The molecule has 0 spiro atoms. The summed E-state index contributed by atoms with van der Waals surface area (Å²) in [6, 6.07) is 4.51. The van der Waals surface area contributed by atoms with Crippen molar-refractivity contribution in [2.75, 3.05) is 56.2 Å². The van der Waals surface area contributed by atoms with Crippen LogP contribution in [-0.2, 0) is 28.3 Å². The molecule has 0 radical (unpaired) electrons. The first kappa shape index (κ1) is 37.5. The van der Waals surface area contributed by atoms with Gasteiger partial charge in [0.2, 0.25) is 5.88 Å². The van der Waals surface area contributed by atoms with E-state index in [9.17, 15) is 41.0 Å². The van der Waals surface area contributed by atoms with E-state index in [1.807, 2.05) is 4.90 Å². The maximum atomic E-state index is 13.8. The van der Waals surface area contributed by atoms with E-state index in [0.717, 1.165) is 0 Å². The number of anilines is 2. The van der Waals surface area contributed by atoms with Crippen molar-refractivity contribution < 1.29 is 50.5 Å². The third-order valence-corrected chi connectivity index (χ3v) is 8.99. The molecule has 3 aromatic rings. The van der Waals surface area contributed by atoms with E-state index in [-0.39, 0.29) is 55.0 Å². The number of carbonyl (C=O) groups excluding carboxylic acids is 1. The van der Waals surface area contributed by atoms with Gasteiger partial charge in [0, 0.05) is 38.7 Å². The van der Waals surface area contributed by atoms with Crippen LogP contribution < -0.4 is 20.3 Å². The van der Waals surface area contributed by atoms with Gasteiger partial charge in [0.1, 0.15) is 11.5 Å². The highest BCUT2D eigenvalue weighted by Crippen LogP contribution is 2.46. The number of rotatable bonds is 9. The molecule has 1 fully saturated rings. The van der Waals surface area contributed by atoms with Crippen molar-refractivity contribution in [3.05, 3.63) is 70.4 Å². The molecule has 1 aromatic carbocycles. The molecular weight excluding hydrogens is 688 g/mol. The van der Waals surface area contributed by atoms with Crippen molar-refractivity contribution in [1.29, 1.82) is 0 Å². The van der Waals surface area contributed by atoms with Crippen LogP contribution in [0.15, 0.2) is 36.5 Å². The second-order valence-corrected chi connectivity index (χ2v) is 12.3. The number of aliphatic carboxylic acids is 1. The molecule has 3 N–H and O–H groups in total. The molecule has 5 rings (SSSR count). The Morgan fingerprint density at radius 3 is 2.18 bits per heavy atom. The summed E-state index contributed by atoms with van der Waals surface area (Å²) in [4.78, 5) is 43.3. The molecule has 1 amide bonds. The summed E-state index contributed by atoms with van der Waals surface area (Å²) in [5.74, 6) is -1.49. The number of carbonyl (C=O) groups is 2. The van der Waals surface area contributed by atoms with Crippen molar-refractivity contribution in [2.45, 2.75) is 57.0 Å². The fraction of sp³-hybridized carbons (Fsp3) is 0.485. The number of nitrogens with zero attached hydrogens (tertiary/aromatic N) is 6. The molecule has 2 atom stereocenters. The maximum absolute atomic E-state index is 13.8. The van der Waals surface area contributed by atoms with Gasteiger partial charge in [-0.15, -0.1) is 0 Å². The van der Waals surface area contributed by atoms with Crippen molar-refractivity contribution in [3.63, 3.8) is 0 Å². The number of carboxylic acid groups (broad SMARTS) is 1. The van der Waals surface area contributed by atoms with Crippen LogP contribution in [0.1, 0.15) is 66.5 Å². The quantitative estimate of drug-likeness (QED) is 0.278. The first-order valence-electron chi connectivity index (χ1n) is 16.1. The summed E-state index contributed by atoms with van der Waals surface area (Å²) < 4.78 is 93.5. The number of amides is 1. The monoisotopic (exact) mass is 725 g/mol. The topological polar surface area (TPSA) is 147 Å². The zero-order valence-corrected chi connectivity index (χ0v) is 28.0. The number of benzene rings is 1. The molecule has 4 heterocycles. The lowest BCUT2D eigenvalue weighted by Crippen LogP contribution is -2.61. The van der Waals surface area contributed by atoms with Crippen LogP contribution in [0.3, 0.4) is 0 Å². The van der Waals surface area contributed by atoms with Gasteiger partial charge >= 0.3 is 24.4 Å². The number of ether oxygens (including phenoxy) is 2. The van der Waals surface area contributed by atoms with E-state index in [0.29, 0.717) is 55.4 Å². The Balaban J connectivity index is 1.65. The first-order chi connectivity index (χ1) is 24.0. The largest absolute Gasteiger partial charge is 0.481 e. The molecule has 2 aliphatic rings. The molecule has 51 heavy (non-hydrogen) atoms. The lowest BCUT2D eigenvalue weighted by atomic mass is 9.83. The summed E-state index contributed by atoms with van der Waals surface area (Å²) in [7, 11) is 1.40. The predicted octanol–water partition coefficient (Wildman–Crippen LogP) is 5.28. The number of hydrogen-bond donors (Lipinski definition) is 2. The number of methoxy groups -OCH3 is 1. The highest BCUT2D eigenvalue weighted by atomic mass is 19.4. The van der Waals surface area contributed by atoms with E-state index in [1.165, 1.54) is 24.3 Å². The molecule has 0 aliphatic carbocycles. The van der Waals surface area contributed by atoms with E-state index in [2.05, 4.69) is 9.97 Å². The van der Waals surface area contributed by atoms with E-state index in [4.69, 9.17) is 20.2 Å². The number of aromatic nitrogens is 3. The third kappa shape index (κ3) is 8.11. The number of fused-ring (bicyclic) bond motifs is 1. The van der Waals surface area contributed by atoms with Gasteiger partial charge in [-0.2, -0.15) is 26.3 Å². The fourth-order valence-corrected chi connectivity index (χ4v) is 6.41. The van der Waals surface area contributed by atoms with Crippen LogP contribution in [0.2, 0.25) is 0 Å². The van der Waals surface area contributed by atoms with Crippen molar-refractivity contribution in [2.24, 2.45) is 5.73 Å². The summed E-state index contributed by atoms with van der Waals surface area (Å²) >= 11 is 0. The van der Waals surface area contributed by atoms with Crippen LogP contribution in [0, 0.1) is 0 Å². The smallest absolute Gasteiger partial charge is 0.416 e. The van der Waals surface area contributed by atoms with Crippen molar-refractivity contribution >= 4 is 23.4 Å². The van der Waals surface area contributed by atoms with Crippen LogP contribution in [0.5, 0.6) is 5.88 Å². The number of pyridine rings is 1. The third-order valence-electron chi connectivity index (χ3n) is 8.99. The standard InChI is InChI=1S/C33H37F6N7O5/c1-4-31(40)16-22(28-24(6-7-26(43-28)50-3)46(31)30(49)51-5-2)29-41-17-25(45-10-8-44(9-11-45)18-27(47)48)23(42-29)14-19-12-20(32(34,35)36)15-21(13-19)33(37,38)39/h6-7,12-13,15,17,22H,4-5,8-11,14,16,18,40H2,1-3H3,(H,47,48)/t22-,31+/m0/s1. The highest BCUT2D eigenvalue weighted by Gasteiger charge is 2.47. The normalized spacial score (nSPS) is 19.8. The Bertz CT molecular complexity index is 1730. The Hall–Kier alpha value is -4.71. The molecule has 2 aromatic heterocycles. The Labute approximate surface area is 289 Å². The molecule has 276 valence electrons. The zero-order valence-electron chi connectivity index (χ0n) is 28.0. The first-order valence-corrected chi connectivity index (χ1v) is 16.1. The lowest BCUT2D eigenvalue weighted by molar-refractivity contribution is -0.143. The van der Waals surface area contributed by atoms with Gasteiger partial charge in [-0.25, -0.2) is 19.7 Å². The molecule has 0 saturated carbocycles. The summed E-state index contributed by atoms with van der Waals surface area (Å²) in [5, 5.41) is 9.22. The zero-order chi connectivity index (χ0) is 37.3. The number of alkyl halides is 6. The number of halogens is 6. The summed E-state index contributed by atoms with van der Waals surface area (Å²) in [5.41, 5.74) is 3.42. The average molecular weight is 726 g/mol.